The Morgan fingerprint density at radius 3 is 2.57 bits per heavy atom. The Bertz CT molecular complexity index is 1070. The minimum absolute atomic E-state index is 0.0953. The molecule has 0 atom stereocenters. The van der Waals surface area contributed by atoms with Crippen LogP contribution < -0.4 is 4.74 Å². The first-order valence-electron chi connectivity index (χ1n) is 8.59. The van der Waals surface area contributed by atoms with Crippen LogP contribution in [-0.2, 0) is 20.7 Å². The topological polar surface area (TPSA) is 78.1 Å². The Morgan fingerprint density at radius 1 is 1.00 bits per heavy atom. The number of nitrogens with zero attached hydrogens (tertiary/aromatic N) is 1. The molecule has 2 aromatic carbocycles. The molecule has 4 rings (SSSR count). The number of para-hydroxylation sites is 1. The second kappa shape index (κ2) is 7.75. The van der Waals surface area contributed by atoms with Gasteiger partial charge in [-0.3, -0.25) is 4.79 Å². The molecule has 0 amide bonds. The molecule has 6 heteroatoms. The van der Waals surface area contributed by atoms with E-state index in [1.165, 1.54) is 12.3 Å². The van der Waals surface area contributed by atoms with Crippen LogP contribution in [0.15, 0.2) is 88.1 Å². The van der Waals surface area contributed by atoms with Gasteiger partial charge in [-0.1, -0.05) is 48.5 Å². The average Bonchev–Trinajstić information content (AvgIpc) is 3.34. The first-order chi connectivity index (χ1) is 13.7. The van der Waals surface area contributed by atoms with Crippen molar-refractivity contribution in [3.63, 3.8) is 0 Å². The van der Waals surface area contributed by atoms with E-state index in [0.29, 0.717) is 17.1 Å². The number of carbonyl (C=O) groups is 2. The summed E-state index contributed by atoms with van der Waals surface area (Å²) in [5.74, 6) is -0.202. The highest BCUT2D eigenvalue weighted by Gasteiger charge is 2.26. The lowest BCUT2D eigenvalue weighted by Crippen LogP contribution is -2.12. The molecule has 0 saturated heterocycles. The van der Waals surface area contributed by atoms with Crippen LogP contribution in [0.4, 0.5) is 0 Å². The Balaban J connectivity index is 1.55. The molecule has 1 aromatic heterocycles. The van der Waals surface area contributed by atoms with E-state index >= 15 is 0 Å². The predicted octanol–water partition coefficient (Wildman–Crippen LogP) is 3.77. The summed E-state index contributed by atoms with van der Waals surface area (Å²) >= 11 is 0. The quantitative estimate of drug-likeness (QED) is 0.386. The largest absolute Gasteiger partial charge is 0.459 e. The zero-order chi connectivity index (χ0) is 19.3. The minimum atomic E-state index is -0.600. The fourth-order valence-electron chi connectivity index (χ4n) is 2.68. The smallest absolute Gasteiger partial charge is 0.363 e. The molecule has 138 valence electrons. The van der Waals surface area contributed by atoms with Crippen molar-refractivity contribution in [2.45, 2.75) is 6.42 Å². The lowest BCUT2D eigenvalue weighted by Gasteiger charge is -2.07. The number of carbonyl (C=O) groups excluding carboxylic acids is 2. The minimum Gasteiger partial charge on any atom is -0.459 e. The van der Waals surface area contributed by atoms with Crippen molar-refractivity contribution < 1.29 is 23.5 Å². The summed E-state index contributed by atoms with van der Waals surface area (Å²) in [6, 6.07) is 19.6. The zero-order valence-corrected chi connectivity index (χ0v) is 14.7. The van der Waals surface area contributed by atoms with Crippen molar-refractivity contribution in [3.8, 4) is 5.75 Å². The van der Waals surface area contributed by atoms with Gasteiger partial charge in [-0.15, -0.1) is 0 Å². The van der Waals surface area contributed by atoms with Gasteiger partial charge in [-0.25, -0.2) is 9.79 Å². The molecule has 0 saturated carbocycles. The molecule has 3 aromatic rings. The number of benzene rings is 2. The molecule has 28 heavy (non-hydrogen) atoms. The van der Waals surface area contributed by atoms with Crippen LogP contribution in [0.3, 0.4) is 0 Å². The molecule has 0 radical (unpaired) electrons. The summed E-state index contributed by atoms with van der Waals surface area (Å²) in [6.07, 6.45) is 3.13. The molecule has 0 N–H and O–H groups in total. The van der Waals surface area contributed by atoms with Gasteiger partial charge in [0.15, 0.2) is 11.5 Å². The molecule has 1 aliphatic heterocycles. The van der Waals surface area contributed by atoms with Crippen molar-refractivity contribution in [1.82, 2.24) is 0 Å². The monoisotopic (exact) mass is 373 g/mol. The summed E-state index contributed by atoms with van der Waals surface area (Å²) in [5.41, 5.74) is 1.49. The summed E-state index contributed by atoms with van der Waals surface area (Å²) < 4.78 is 15.8. The van der Waals surface area contributed by atoms with E-state index in [9.17, 15) is 9.59 Å². The maximum atomic E-state index is 12.3. The van der Waals surface area contributed by atoms with Gasteiger partial charge in [0.05, 0.1) is 12.7 Å². The third kappa shape index (κ3) is 3.91. The third-order valence-corrected chi connectivity index (χ3v) is 3.98. The molecule has 6 nitrogen and oxygen atoms in total. The second-order valence-electron chi connectivity index (χ2n) is 5.99. The number of hydrogen-bond donors (Lipinski definition) is 0. The van der Waals surface area contributed by atoms with Gasteiger partial charge in [0.25, 0.3) is 5.90 Å². The molecular weight excluding hydrogens is 358 g/mol. The SMILES string of the molecule is O=C(Cc1ccccc1)Oc1ccccc1/C=C1/N=C(c2ccco2)OC1=O. The van der Waals surface area contributed by atoms with Gasteiger partial charge in [0.2, 0.25) is 0 Å². The lowest BCUT2D eigenvalue weighted by atomic mass is 10.1. The van der Waals surface area contributed by atoms with E-state index in [0.717, 1.165) is 5.56 Å². The van der Waals surface area contributed by atoms with Crippen LogP contribution >= 0.6 is 0 Å². The van der Waals surface area contributed by atoms with Gasteiger partial charge in [-0.05, 0) is 29.8 Å². The number of rotatable bonds is 5. The molecular formula is C22H15NO5. The standard InChI is InChI=1S/C22H15NO5/c24-20(13-15-7-2-1-3-8-15)27-18-10-5-4-9-16(18)14-17-22(25)28-21(23-17)19-11-6-12-26-19/h1-12,14H,13H2/b17-14+. The van der Waals surface area contributed by atoms with Gasteiger partial charge in [0.1, 0.15) is 5.75 Å². The number of hydrogen-bond acceptors (Lipinski definition) is 6. The van der Waals surface area contributed by atoms with E-state index in [1.807, 2.05) is 30.3 Å². The molecule has 0 spiro atoms. The number of aliphatic imine (C=N–C) groups is 1. The molecule has 0 fully saturated rings. The summed E-state index contributed by atoms with van der Waals surface area (Å²) in [5, 5.41) is 0. The maximum absolute atomic E-state index is 12.3. The predicted molar refractivity (Wildman–Crippen MR) is 102 cm³/mol. The maximum Gasteiger partial charge on any atom is 0.363 e. The summed E-state index contributed by atoms with van der Waals surface area (Å²) in [7, 11) is 0. The normalized spacial score (nSPS) is 14.6. The van der Waals surface area contributed by atoms with Crippen LogP contribution in [0.25, 0.3) is 6.08 Å². The second-order valence-corrected chi connectivity index (χ2v) is 5.99. The van der Waals surface area contributed by atoms with Gasteiger partial charge < -0.3 is 13.9 Å². The molecule has 1 aliphatic rings. The van der Waals surface area contributed by atoms with Crippen molar-refractivity contribution in [2.75, 3.05) is 0 Å². The number of cyclic esters (lactones) is 1. The van der Waals surface area contributed by atoms with Crippen molar-refractivity contribution in [3.05, 3.63) is 95.6 Å². The Morgan fingerprint density at radius 2 is 1.79 bits per heavy atom. The highest BCUT2D eigenvalue weighted by Crippen LogP contribution is 2.25. The van der Waals surface area contributed by atoms with Crippen LogP contribution in [0.1, 0.15) is 16.9 Å². The first kappa shape index (κ1) is 17.5. The number of esters is 2. The molecule has 0 aliphatic carbocycles. The van der Waals surface area contributed by atoms with Gasteiger partial charge >= 0.3 is 11.9 Å². The summed E-state index contributed by atoms with van der Waals surface area (Å²) in [6.45, 7) is 0. The number of ether oxygens (including phenoxy) is 2. The van der Waals surface area contributed by atoms with E-state index < -0.39 is 11.9 Å². The highest BCUT2D eigenvalue weighted by molar-refractivity contribution is 6.12. The van der Waals surface area contributed by atoms with E-state index in [4.69, 9.17) is 13.9 Å². The van der Waals surface area contributed by atoms with Gasteiger partial charge in [0, 0.05) is 5.56 Å². The Hall–Kier alpha value is -3.93. The average molecular weight is 373 g/mol. The van der Waals surface area contributed by atoms with E-state index in [2.05, 4.69) is 4.99 Å². The van der Waals surface area contributed by atoms with Crippen molar-refractivity contribution >= 4 is 23.9 Å². The Labute approximate surface area is 160 Å². The first-order valence-corrected chi connectivity index (χ1v) is 8.59. The third-order valence-electron chi connectivity index (χ3n) is 3.98. The lowest BCUT2D eigenvalue weighted by molar-refractivity contribution is -0.133. The summed E-state index contributed by atoms with van der Waals surface area (Å²) in [4.78, 5) is 28.5. The van der Waals surface area contributed by atoms with Crippen LogP contribution in [0.5, 0.6) is 5.75 Å². The fraction of sp³-hybridized carbons (Fsp3) is 0.0455. The van der Waals surface area contributed by atoms with Crippen molar-refractivity contribution in [2.24, 2.45) is 4.99 Å². The van der Waals surface area contributed by atoms with E-state index in [1.54, 1.807) is 36.4 Å². The van der Waals surface area contributed by atoms with Crippen LogP contribution in [0, 0.1) is 0 Å². The Kier molecular flexibility index (Phi) is 4.84. The van der Waals surface area contributed by atoms with Gasteiger partial charge in [-0.2, -0.15) is 0 Å². The fourth-order valence-corrected chi connectivity index (χ4v) is 2.68. The van der Waals surface area contributed by atoms with Crippen molar-refractivity contribution in [1.29, 1.82) is 0 Å². The molecule has 2 heterocycles. The zero-order valence-electron chi connectivity index (χ0n) is 14.7. The molecule has 0 bridgehead atoms. The van der Waals surface area contributed by atoms with E-state index in [-0.39, 0.29) is 18.0 Å². The van der Waals surface area contributed by atoms with Crippen LogP contribution in [0.2, 0.25) is 0 Å². The van der Waals surface area contributed by atoms with Crippen LogP contribution in [-0.4, -0.2) is 17.8 Å². The molecule has 0 unspecified atom stereocenters. The highest BCUT2D eigenvalue weighted by atomic mass is 16.6. The number of furan rings is 1.